The fourth-order valence-corrected chi connectivity index (χ4v) is 1.66. The van der Waals surface area contributed by atoms with Crippen molar-refractivity contribution in [3.8, 4) is 0 Å². The minimum absolute atomic E-state index is 0.128. The lowest BCUT2D eigenvalue weighted by atomic mass is 10.1. The molecule has 1 atom stereocenters. The number of anilines is 1. The Hall–Kier alpha value is -1.52. The van der Waals surface area contributed by atoms with Gasteiger partial charge in [0.25, 0.3) is 0 Å². The number of amides is 1. The molecule has 14 heavy (non-hydrogen) atoms. The van der Waals surface area contributed by atoms with Gasteiger partial charge in [-0.2, -0.15) is 5.10 Å². The SMILES string of the molecule is O=C1CC(Nc2cn[nH]c2)CCCN1. The van der Waals surface area contributed by atoms with Crippen LogP contribution in [0.3, 0.4) is 0 Å². The predicted octanol–water partition coefficient (Wildman–Crippen LogP) is 0.490. The molecule has 1 saturated heterocycles. The minimum Gasteiger partial charge on any atom is -0.379 e. The summed E-state index contributed by atoms with van der Waals surface area (Å²) < 4.78 is 0. The Morgan fingerprint density at radius 1 is 1.57 bits per heavy atom. The Kier molecular flexibility index (Phi) is 2.67. The average Bonchev–Trinajstić information content (AvgIpc) is 2.56. The number of aromatic nitrogens is 2. The van der Waals surface area contributed by atoms with E-state index in [4.69, 9.17) is 0 Å². The molecule has 1 aromatic heterocycles. The normalized spacial score (nSPS) is 22.6. The number of aromatic amines is 1. The molecule has 1 aliphatic heterocycles. The third kappa shape index (κ3) is 2.25. The van der Waals surface area contributed by atoms with E-state index < -0.39 is 0 Å². The Morgan fingerprint density at radius 2 is 2.50 bits per heavy atom. The van der Waals surface area contributed by atoms with Gasteiger partial charge in [0.1, 0.15) is 0 Å². The predicted molar refractivity (Wildman–Crippen MR) is 52.9 cm³/mol. The molecule has 1 amide bonds. The maximum atomic E-state index is 11.2. The topological polar surface area (TPSA) is 69.8 Å². The van der Waals surface area contributed by atoms with Crippen LogP contribution in [0.25, 0.3) is 0 Å². The smallest absolute Gasteiger partial charge is 0.222 e. The maximum absolute atomic E-state index is 11.2. The van der Waals surface area contributed by atoms with Gasteiger partial charge in [0.15, 0.2) is 0 Å². The average molecular weight is 194 g/mol. The highest BCUT2D eigenvalue weighted by molar-refractivity contribution is 5.77. The summed E-state index contributed by atoms with van der Waals surface area (Å²) in [6.45, 7) is 0.794. The van der Waals surface area contributed by atoms with Crippen molar-refractivity contribution in [3.05, 3.63) is 12.4 Å². The highest BCUT2D eigenvalue weighted by Gasteiger charge is 2.16. The maximum Gasteiger partial charge on any atom is 0.222 e. The van der Waals surface area contributed by atoms with E-state index in [2.05, 4.69) is 20.8 Å². The van der Waals surface area contributed by atoms with Gasteiger partial charge in [0.2, 0.25) is 5.91 Å². The molecular weight excluding hydrogens is 180 g/mol. The van der Waals surface area contributed by atoms with Gasteiger partial charge in [-0.3, -0.25) is 9.89 Å². The number of hydrogen-bond acceptors (Lipinski definition) is 3. The molecular formula is C9H14N4O. The molecule has 0 spiro atoms. The van der Waals surface area contributed by atoms with Gasteiger partial charge in [-0.25, -0.2) is 0 Å². The van der Waals surface area contributed by atoms with Crippen LogP contribution >= 0.6 is 0 Å². The molecule has 0 saturated carbocycles. The highest BCUT2D eigenvalue weighted by Crippen LogP contribution is 2.12. The molecule has 1 fully saturated rings. The van der Waals surface area contributed by atoms with Gasteiger partial charge < -0.3 is 10.6 Å². The van der Waals surface area contributed by atoms with Crippen LogP contribution in [0, 0.1) is 0 Å². The second-order valence-electron chi connectivity index (χ2n) is 3.52. The standard InChI is InChI=1S/C9H14N4O/c14-9-4-7(2-1-3-10-9)13-8-5-11-12-6-8/h5-7,13H,1-4H2,(H,10,14)(H,11,12). The third-order valence-corrected chi connectivity index (χ3v) is 2.35. The summed E-state index contributed by atoms with van der Waals surface area (Å²) in [5, 5.41) is 12.7. The van der Waals surface area contributed by atoms with Crippen LogP contribution in [-0.2, 0) is 4.79 Å². The van der Waals surface area contributed by atoms with Crippen LogP contribution < -0.4 is 10.6 Å². The molecule has 0 radical (unpaired) electrons. The van der Waals surface area contributed by atoms with Gasteiger partial charge in [-0.1, -0.05) is 0 Å². The highest BCUT2D eigenvalue weighted by atomic mass is 16.1. The lowest BCUT2D eigenvalue weighted by Crippen LogP contribution is -2.26. The third-order valence-electron chi connectivity index (χ3n) is 2.35. The number of nitrogens with one attached hydrogen (secondary N) is 3. The van der Waals surface area contributed by atoms with Crippen molar-refractivity contribution in [2.75, 3.05) is 11.9 Å². The zero-order valence-corrected chi connectivity index (χ0v) is 7.92. The Bertz CT molecular complexity index is 296. The first kappa shape index (κ1) is 9.05. The number of carbonyl (C=O) groups excluding carboxylic acids is 1. The second-order valence-corrected chi connectivity index (χ2v) is 3.52. The summed E-state index contributed by atoms with van der Waals surface area (Å²) in [5.41, 5.74) is 0.949. The van der Waals surface area contributed by atoms with Gasteiger partial charge in [-0.15, -0.1) is 0 Å². The first-order chi connectivity index (χ1) is 6.84. The number of nitrogens with zero attached hydrogens (tertiary/aromatic N) is 1. The Balaban J connectivity index is 1.93. The van der Waals surface area contributed by atoms with Crippen LogP contribution in [0.4, 0.5) is 5.69 Å². The summed E-state index contributed by atoms with van der Waals surface area (Å²) >= 11 is 0. The van der Waals surface area contributed by atoms with Crippen molar-refractivity contribution >= 4 is 11.6 Å². The van der Waals surface area contributed by atoms with Gasteiger partial charge >= 0.3 is 0 Å². The van der Waals surface area contributed by atoms with E-state index in [9.17, 15) is 4.79 Å². The lowest BCUT2D eigenvalue weighted by molar-refractivity contribution is -0.120. The van der Waals surface area contributed by atoms with Crippen molar-refractivity contribution in [2.45, 2.75) is 25.3 Å². The summed E-state index contributed by atoms with van der Waals surface area (Å²) in [6, 6.07) is 0.232. The van der Waals surface area contributed by atoms with E-state index >= 15 is 0 Å². The largest absolute Gasteiger partial charge is 0.379 e. The van der Waals surface area contributed by atoms with Crippen LogP contribution in [0.15, 0.2) is 12.4 Å². The second kappa shape index (κ2) is 4.13. The van der Waals surface area contributed by atoms with Crippen molar-refractivity contribution in [2.24, 2.45) is 0 Å². The van der Waals surface area contributed by atoms with Gasteiger partial charge in [0.05, 0.1) is 11.9 Å². The minimum atomic E-state index is 0.128. The molecule has 3 N–H and O–H groups in total. The van der Waals surface area contributed by atoms with Crippen molar-refractivity contribution in [1.82, 2.24) is 15.5 Å². The number of hydrogen-bond donors (Lipinski definition) is 3. The summed E-state index contributed by atoms with van der Waals surface area (Å²) in [7, 11) is 0. The fourth-order valence-electron chi connectivity index (χ4n) is 1.66. The van der Waals surface area contributed by atoms with Gasteiger partial charge in [0, 0.05) is 25.2 Å². The first-order valence-electron chi connectivity index (χ1n) is 4.86. The molecule has 0 aromatic carbocycles. The Morgan fingerprint density at radius 3 is 3.29 bits per heavy atom. The van der Waals surface area contributed by atoms with Crippen molar-refractivity contribution in [1.29, 1.82) is 0 Å². The summed E-state index contributed by atoms with van der Waals surface area (Å²) in [4.78, 5) is 11.2. The molecule has 2 rings (SSSR count). The molecule has 2 heterocycles. The van der Waals surface area contributed by atoms with Crippen LogP contribution in [0.1, 0.15) is 19.3 Å². The van der Waals surface area contributed by atoms with Crippen molar-refractivity contribution in [3.63, 3.8) is 0 Å². The van der Waals surface area contributed by atoms with Crippen LogP contribution in [0.2, 0.25) is 0 Å². The monoisotopic (exact) mass is 194 g/mol. The van der Waals surface area contributed by atoms with Crippen LogP contribution in [0.5, 0.6) is 0 Å². The molecule has 0 bridgehead atoms. The van der Waals surface area contributed by atoms with E-state index in [1.807, 2.05) is 0 Å². The molecule has 0 aliphatic carbocycles. The zero-order chi connectivity index (χ0) is 9.80. The molecule has 1 unspecified atom stereocenters. The lowest BCUT2D eigenvalue weighted by Gasteiger charge is -2.14. The van der Waals surface area contributed by atoms with E-state index in [0.29, 0.717) is 6.42 Å². The molecule has 1 aliphatic rings. The molecule has 5 nitrogen and oxygen atoms in total. The van der Waals surface area contributed by atoms with Gasteiger partial charge in [-0.05, 0) is 12.8 Å². The van der Waals surface area contributed by atoms with E-state index in [1.54, 1.807) is 12.4 Å². The van der Waals surface area contributed by atoms with E-state index in [1.165, 1.54) is 0 Å². The Labute approximate surface area is 82.3 Å². The number of rotatable bonds is 2. The zero-order valence-electron chi connectivity index (χ0n) is 7.92. The summed E-state index contributed by atoms with van der Waals surface area (Å²) in [6.07, 6.45) is 6.11. The van der Waals surface area contributed by atoms with Crippen LogP contribution in [-0.4, -0.2) is 28.7 Å². The number of H-pyrrole nitrogens is 1. The fraction of sp³-hybridized carbons (Fsp3) is 0.556. The van der Waals surface area contributed by atoms with Crippen molar-refractivity contribution < 1.29 is 4.79 Å². The quantitative estimate of drug-likeness (QED) is 0.641. The van der Waals surface area contributed by atoms with E-state index in [-0.39, 0.29) is 11.9 Å². The molecule has 1 aromatic rings. The van der Waals surface area contributed by atoms with E-state index in [0.717, 1.165) is 25.1 Å². The molecule has 5 heteroatoms. The summed E-state index contributed by atoms with van der Waals surface area (Å²) in [5.74, 6) is 0.128. The first-order valence-corrected chi connectivity index (χ1v) is 4.86. The molecule has 76 valence electrons. The number of carbonyl (C=O) groups is 1.